The van der Waals surface area contributed by atoms with Gasteiger partial charge in [-0.2, -0.15) is 0 Å². The van der Waals surface area contributed by atoms with Crippen LogP contribution in [0.5, 0.6) is 0 Å². The van der Waals surface area contributed by atoms with E-state index in [-0.39, 0.29) is 30.4 Å². The van der Waals surface area contributed by atoms with Gasteiger partial charge in [-0.3, -0.25) is 9.59 Å². The fourth-order valence-electron chi connectivity index (χ4n) is 3.66. The van der Waals surface area contributed by atoms with E-state index >= 15 is 0 Å². The number of amides is 3. The number of anilines is 1. The van der Waals surface area contributed by atoms with Gasteiger partial charge in [0.05, 0.1) is 6.61 Å². The zero-order valence-corrected chi connectivity index (χ0v) is 17.3. The Morgan fingerprint density at radius 2 is 1.75 bits per heavy atom. The summed E-state index contributed by atoms with van der Waals surface area (Å²) in [5, 5.41) is 2.91. The van der Waals surface area contributed by atoms with Crippen molar-refractivity contribution < 1.29 is 19.1 Å². The molecule has 7 heteroatoms. The summed E-state index contributed by atoms with van der Waals surface area (Å²) in [6.07, 6.45) is 1.32. The molecule has 0 unspecified atom stereocenters. The van der Waals surface area contributed by atoms with E-state index in [0.29, 0.717) is 39.1 Å². The first-order chi connectivity index (χ1) is 13.3. The Balaban J connectivity index is 1.87. The number of nitrogens with one attached hydrogen (secondary N) is 1. The van der Waals surface area contributed by atoms with E-state index in [1.165, 1.54) is 6.92 Å². The van der Waals surface area contributed by atoms with Crippen LogP contribution in [-0.2, 0) is 14.3 Å². The summed E-state index contributed by atoms with van der Waals surface area (Å²) in [5.41, 5.74) is 2.96. The Labute approximate surface area is 167 Å². The number of hydrogen-bond donors (Lipinski definition) is 1. The summed E-state index contributed by atoms with van der Waals surface area (Å²) in [7, 11) is 0. The van der Waals surface area contributed by atoms with Gasteiger partial charge in [0.2, 0.25) is 11.8 Å². The number of likely N-dealkylation sites (tertiary alicyclic amines) is 1. The molecule has 1 aromatic carbocycles. The van der Waals surface area contributed by atoms with Crippen molar-refractivity contribution >= 4 is 23.6 Å². The van der Waals surface area contributed by atoms with Gasteiger partial charge in [-0.15, -0.1) is 0 Å². The Bertz CT molecular complexity index is 691. The van der Waals surface area contributed by atoms with Crippen molar-refractivity contribution in [1.82, 2.24) is 9.80 Å². The highest BCUT2D eigenvalue weighted by atomic mass is 16.6. The first-order valence-electron chi connectivity index (χ1n) is 9.87. The molecule has 3 amide bonds. The Morgan fingerprint density at radius 1 is 1.14 bits per heavy atom. The van der Waals surface area contributed by atoms with Crippen LogP contribution in [0.3, 0.4) is 0 Å². The van der Waals surface area contributed by atoms with Crippen molar-refractivity contribution in [2.24, 2.45) is 0 Å². The van der Waals surface area contributed by atoms with Gasteiger partial charge < -0.3 is 19.9 Å². The Morgan fingerprint density at radius 3 is 2.29 bits per heavy atom. The van der Waals surface area contributed by atoms with Crippen LogP contribution in [0, 0.1) is 13.8 Å². The molecule has 0 spiro atoms. The van der Waals surface area contributed by atoms with Crippen LogP contribution in [0.4, 0.5) is 10.5 Å². The van der Waals surface area contributed by atoms with Crippen LogP contribution < -0.4 is 5.32 Å². The lowest BCUT2D eigenvalue weighted by molar-refractivity contribution is -0.132. The Kier molecular flexibility index (Phi) is 7.84. The molecular weight excluding hydrogens is 358 g/mol. The first kappa shape index (κ1) is 21.7. The number of carbonyl (C=O) groups is 3. The molecule has 7 nitrogen and oxygen atoms in total. The maximum atomic E-state index is 12.3. The van der Waals surface area contributed by atoms with Gasteiger partial charge in [0.25, 0.3) is 0 Å². The van der Waals surface area contributed by atoms with Crippen LogP contribution in [0.1, 0.15) is 44.2 Å². The molecule has 1 saturated heterocycles. The van der Waals surface area contributed by atoms with Crippen molar-refractivity contribution in [3.8, 4) is 0 Å². The van der Waals surface area contributed by atoms with Crippen molar-refractivity contribution in [3.05, 3.63) is 29.3 Å². The minimum atomic E-state index is -0.303. The number of hydrogen-bond acceptors (Lipinski definition) is 4. The van der Waals surface area contributed by atoms with E-state index in [9.17, 15) is 14.4 Å². The Hall–Kier alpha value is -2.57. The minimum absolute atomic E-state index is 0.0391. The van der Waals surface area contributed by atoms with E-state index in [0.717, 1.165) is 16.8 Å². The predicted molar refractivity (Wildman–Crippen MR) is 108 cm³/mol. The minimum Gasteiger partial charge on any atom is -0.450 e. The second-order valence-corrected chi connectivity index (χ2v) is 7.30. The molecule has 0 aliphatic carbocycles. The average molecular weight is 389 g/mol. The third-order valence-corrected chi connectivity index (χ3v) is 4.92. The number of nitrogens with zero attached hydrogens (tertiary/aromatic N) is 2. The highest BCUT2D eigenvalue weighted by Gasteiger charge is 2.29. The molecular formula is C21H31N3O4. The van der Waals surface area contributed by atoms with Gasteiger partial charge in [0.1, 0.15) is 0 Å². The normalized spacial score (nSPS) is 14.5. The van der Waals surface area contributed by atoms with E-state index in [4.69, 9.17) is 4.74 Å². The molecule has 1 heterocycles. The zero-order valence-electron chi connectivity index (χ0n) is 17.3. The van der Waals surface area contributed by atoms with Gasteiger partial charge >= 0.3 is 6.09 Å². The quantitative estimate of drug-likeness (QED) is 0.811. The molecule has 0 saturated carbocycles. The highest BCUT2D eigenvalue weighted by molar-refractivity contribution is 5.91. The lowest BCUT2D eigenvalue weighted by Crippen LogP contribution is -2.49. The number of piperidine rings is 1. The smallest absolute Gasteiger partial charge is 0.409 e. The molecule has 0 atom stereocenters. The zero-order chi connectivity index (χ0) is 20.7. The fraction of sp³-hybridized carbons (Fsp3) is 0.571. The molecule has 1 N–H and O–H groups in total. The summed E-state index contributed by atoms with van der Waals surface area (Å²) in [6, 6.07) is 5.95. The summed E-state index contributed by atoms with van der Waals surface area (Å²) < 4.78 is 5.03. The maximum Gasteiger partial charge on any atom is 0.409 e. The molecule has 1 fully saturated rings. The van der Waals surface area contributed by atoms with Gasteiger partial charge in [0, 0.05) is 44.7 Å². The molecule has 1 aromatic rings. The topological polar surface area (TPSA) is 79.0 Å². The number of ether oxygens (including phenoxy) is 1. The monoisotopic (exact) mass is 389 g/mol. The summed E-state index contributed by atoms with van der Waals surface area (Å²) in [5.74, 6) is -0.158. The van der Waals surface area contributed by atoms with Crippen LogP contribution in [-0.4, -0.2) is 60.0 Å². The molecule has 0 aromatic heterocycles. The van der Waals surface area contributed by atoms with E-state index in [2.05, 4.69) is 11.4 Å². The largest absolute Gasteiger partial charge is 0.450 e. The summed E-state index contributed by atoms with van der Waals surface area (Å²) in [6.45, 7) is 9.13. The van der Waals surface area contributed by atoms with Crippen LogP contribution in [0.15, 0.2) is 18.2 Å². The molecule has 1 aliphatic rings. The van der Waals surface area contributed by atoms with Crippen LogP contribution >= 0.6 is 0 Å². The molecule has 2 rings (SSSR count). The third-order valence-electron chi connectivity index (χ3n) is 4.92. The van der Waals surface area contributed by atoms with E-state index < -0.39 is 0 Å². The molecule has 1 aliphatic heterocycles. The highest BCUT2D eigenvalue weighted by Crippen LogP contribution is 2.19. The SMILES string of the molecule is CCOC(=O)N1CCC(N(CCC(=O)Nc2cc(C)cc(C)c2)C(C)=O)CC1. The molecule has 0 bridgehead atoms. The summed E-state index contributed by atoms with van der Waals surface area (Å²) >= 11 is 0. The van der Waals surface area contributed by atoms with Crippen LogP contribution in [0.2, 0.25) is 0 Å². The van der Waals surface area contributed by atoms with Crippen molar-refractivity contribution in [2.75, 3.05) is 31.6 Å². The van der Waals surface area contributed by atoms with Crippen LogP contribution in [0.25, 0.3) is 0 Å². The second-order valence-electron chi connectivity index (χ2n) is 7.30. The van der Waals surface area contributed by atoms with Gasteiger partial charge in [-0.25, -0.2) is 4.79 Å². The first-order valence-corrected chi connectivity index (χ1v) is 9.87. The van der Waals surface area contributed by atoms with Gasteiger partial charge in [0.15, 0.2) is 0 Å². The van der Waals surface area contributed by atoms with Gasteiger partial charge in [-0.05, 0) is 56.9 Å². The average Bonchev–Trinajstić information content (AvgIpc) is 2.61. The van der Waals surface area contributed by atoms with E-state index in [1.54, 1.807) is 16.7 Å². The molecule has 154 valence electrons. The van der Waals surface area contributed by atoms with Crippen molar-refractivity contribution in [2.45, 2.75) is 53.0 Å². The van der Waals surface area contributed by atoms with Crippen molar-refractivity contribution in [1.29, 1.82) is 0 Å². The predicted octanol–water partition coefficient (Wildman–Crippen LogP) is 3.10. The number of benzene rings is 1. The maximum absolute atomic E-state index is 12.3. The lowest BCUT2D eigenvalue weighted by atomic mass is 10.0. The third kappa shape index (κ3) is 6.25. The molecule has 28 heavy (non-hydrogen) atoms. The molecule has 0 radical (unpaired) electrons. The number of aryl methyl sites for hydroxylation is 2. The lowest BCUT2D eigenvalue weighted by Gasteiger charge is -2.37. The van der Waals surface area contributed by atoms with Crippen molar-refractivity contribution in [3.63, 3.8) is 0 Å². The van der Waals surface area contributed by atoms with E-state index in [1.807, 2.05) is 26.0 Å². The van der Waals surface area contributed by atoms with Gasteiger partial charge in [-0.1, -0.05) is 6.07 Å². The standard InChI is InChI=1S/C21H31N3O4/c1-5-28-21(27)23-9-6-19(7-10-23)24(17(4)25)11-8-20(26)22-18-13-15(2)12-16(3)14-18/h12-14,19H,5-11H2,1-4H3,(H,22,26). The number of rotatable bonds is 6. The summed E-state index contributed by atoms with van der Waals surface area (Å²) in [4.78, 5) is 39.7. The fourth-order valence-corrected chi connectivity index (χ4v) is 3.66. The second kappa shape index (κ2) is 10.1. The number of carbonyl (C=O) groups excluding carboxylic acids is 3.